The number of carboxylic acids is 1. The summed E-state index contributed by atoms with van der Waals surface area (Å²) in [5.74, 6) is -1.07. The number of aromatic carboxylic acids is 1. The number of benzene rings is 1. The minimum atomic E-state index is -1.06. The molecule has 0 aliphatic rings. The molecule has 0 saturated carbocycles. The van der Waals surface area contributed by atoms with E-state index in [2.05, 4.69) is 10.3 Å². The molecular weight excluding hydrogens is 272 g/mol. The molecule has 0 spiro atoms. The maximum absolute atomic E-state index is 11.3. The zero-order valence-corrected chi connectivity index (χ0v) is 11.8. The van der Waals surface area contributed by atoms with Crippen LogP contribution >= 0.6 is 0 Å². The average Bonchev–Trinajstić information content (AvgIpc) is 2.79. The van der Waals surface area contributed by atoms with Crippen molar-refractivity contribution in [3.8, 4) is 5.69 Å². The summed E-state index contributed by atoms with van der Waals surface area (Å²) in [6.45, 7) is 3.32. The lowest BCUT2D eigenvalue weighted by molar-refractivity contribution is -0.114. The molecule has 0 aliphatic carbocycles. The molecule has 4 N–H and O–H groups in total. The van der Waals surface area contributed by atoms with E-state index < -0.39 is 5.97 Å². The van der Waals surface area contributed by atoms with Crippen LogP contribution in [-0.4, -0.2) is 26.5 Å². The number of imidazole rings is 1. The molecule has 0 fully saturated rings. The van der Waals surface area contributed by atoms with Gasteiger partial charge in [-0.2, -0.15) is 0 Å². The third kappa shape index (κ3) is 3.02. The van der Waals surface area contributed by atoms with Crippen LogP contribution in [0.5, 0.6) is 0 Å². The minimum absolute atomic E-state index is 0.102. The fourth-order valence-corrected chi connectivity index (χ4v) is 1.97. The Balaban J connectivity index is 2.61. The molecule has 0 radical (unpaired) electrons. The highest BCUT2D eigenvalue weighted by Crippen LogP contribution is 2.25. The number of nitrogens with zero attached hydrogens (tertiary/aromatic N) is 2. The molecule has 0 atom stereocenters. The Labute approximate surface area is 121 Å². The van der Waals surface area contributed by atoms with E-state index in [1.54, 1.807) is 10.8 Å². The van der Waals surface area contributed by atoms with Crippen LogP contribution in [0.3, 0.4) is 0 Å². The molecule has 0 saturated heterocycles. The van der Waals surface area contributed by atoms with E-state index in [9.17, 15) is 9.59 Å². The quantitative estimate of drug-likeness (QED) is 0.792. The van der Waals surface area contributed by atoms with E-state index in [0.717, 1.165) is 5.69 Å². The van der Waals surface area contributed by atoms with E-state index >= 15 is 0 Å². The van der Waals surface area contributed by atoms with Crippen molar-refractivity contribution >= 4 is 23.5 Å². The average molecular weight is 288 g/mol. The summed E-state index contributed by atoms with van der Waals surface area (Å²) in [7, 11) is 0. The molecule has 2 rings (SSSR count). The molecule has 7 heteroatoms. The highest BCUT2D eigenvalue weighted by atomic mass is 16.4. The molecule has 1 heterocycles. The van der Waals surface area contributed by atoms with Gasteiger partial charge in [-0.3, -0.25) is 9.36 Å². The lowest BCUT2D eigenvalue weighted by Crippen LogP contribution is -2.11. The largest absolute Gasteiger partial charge is 0.478 e. The molecular formula is C14H16N4O3. The molecule has 110 valence electrons. The van der Waals surface area contributed by atoms with E-state index in [1.165, 1.54) is 25.1 Å². The first-order valence-corrected chi connectivity index (χ1v) is 6.41. The summed E-state index contributed by atoms with van der Waals surface area (Å²) in [5.41, 5.74) is 7.69. The monoisotopic (exact) mass is 288 g/mol. The van der Waals surface area contributed by atoms with Crippen molar-refractivity contribution in [2.24, 2.45) is 0 Å². The Morgan fingerprint density at radius 1 is 1.43 bits per heavy atom. The lowest BCUT2D eigenvalue weighted by atomic mass is 10.1. The predicted octanol–water partition coefficient (Wildman–Crippen LogP) is 1.67. The number of carbonyl (C=O) groups excluding carboxylic acids is 1. The van der Waals surface area contributed by atoms with Gasteiger partial charge in [-0.25, -0.2) is 9.78 Å². The highest BCUT2D eigenvalue weighted by Gasteiger charge is 2.14. The van der Waals surface area contributed by atoms with Crippen molar-refractivity contribution in [2.75, 3.05) is 11.1 Å². The van der Waals surface area contributed by atoms with Gasteiger partial charge in [-0.1, -0.05) is 6.92 Å². The number of nitrogens with one attached hydrogen (secondary N) is 1. The first-order chi connectivity index (χ1) is 9.92. The second kappa shape index (κ2) is 5.66. The van der Waals surface area contributed by atoms with Crippen LogP contribution in [0.2, 0.25) is 0 Å². The van der Waals surface area contributed by atoms with Gasteiger partial charge in [0.05, 0.1) is 22.6 Å². The second-order valence-electron chi connectivity index (χ2n) is 4.53. The zero-order chi connectivity index (χ0) is 15.6. The van der Waals surface area contributed by atoms with Crippen LogP contribution in [0.25, 0.3) is 5.69 Å². The number of anilines is 2. The molecule has 0 aliphatic heterocycles. The molecule has 1 aromatic carbocycles. The number of nitrogens with two attached hydrogens (primary N) is 1. The predicted molar refractivity (Wildman–Crippen MR) is 78.6 cm³/mol. The zero-order valence-electron chi connectivity index (χ0n) is 11.8. The number of aromatic nitrogens is 2. The number of aryl methyl sites for hydroxylation is 1. The Hall–Kier alpha value is -2.83. The van der Waals surface area contributed by atoms with Gasteiger partial charge >= 0.3 is 5.97 Å². The van der Waals surface area contributed by atoms with Crippen LogP contribution in [0, 0.1) is 0 Å². The number of hydrogen-bond donors (Lipinski definition) is 3. The van der Waals surface area contributed by atoms with Crippen LogP contribution in [-0.2, 0) is 11.2 Å². The third-order valence-corrected chi connectivity index (χ3v) is 2.96. The van der Waals surface area contributed by atoms with Crippen molar-refractivity contribution in [3.05, 3.63) is 35.7 Å². The Morgan fingerprint density at radius 3 is 2.67 bits per heavy atom. The van der Waals surface area contributed by atoms with E-state index in [0.29, 0.717) is 17.8 Å². The van der Waals surface area contributed by atoms with Gasteiger partial charge in [0.1, 0.15) is 0 Å². The maximum atomic E-state index is 11.3. The van der Waals surface area contributed by atoms with E-state index in [1.807, 2.05) is 6.92 Å². The minimum Gasteiger partial charge on any atom is -0.478 e. The number of amides is 1. The topological polar surface area (TPSA) is 110 Å². The summed E-state index contributed by atoms with van der Waals surface area (Å²) in [6.07, 6.45) is 2.42. The van der Waals surface area contributed by atoms with Gasteiger partial charge in [-0.05, 0) is 24.6 Å². The lowest BCUT2D eigenvalue weighted by Gasteiger charge is -2.12. The van der Waals surface area contributed by atoms with Crippen LogP contribution in [0.1, 0.15) is 29.9 Å². The van der Waals surface area contributed by atoms with Gasteiger partial charge in [0.2, 0.25) is 11.9 Å². The molecule has 7 nitrogen and oxygen atoms in total. The molecule has 0 bridgehead atoms. The van der Waals surface area contributed by atoms with Crippen LogP contribution < -0.4 is 11.1 Å². The van der Waals surface area contributed by atoms with Crippen LogP contribution in [0.15, 0.2) is 24.4 Å². The van der Waals surface area contributed by atoms with Crippen molar-refractivity contribution in [1.29, 1.82) is 0 Å². The van der Waals surface area contributed by atoms with Crippen molar-refractivity contribution in [1.82, 2.24) is 9.55 Å². The molecule has 2 aromatic rings. The van der Waals surface area contributed by atoms with Crippen molar-refractivity contribution in [3.63, 3.8) is 0 Å². The summed E-state index contributed by atoms with van der Waals surface area (Å²) < 4.78 is 1.57. The summed E-state index contributed by atoms with van der Waals surface area (Å²) in [6, 6.07) is 4.40. The van der Waals surface area contributed by atoms with Crippen molar-refractivity contribution < 1.29 is 14.7 Å². The molecule has 21 heavy (non-hydrogen) atoms. The Bertz CT molecular complexity index is 706. The normalized spacial score (nSPS) is 10.4. The van der Waals surface area contributed by atoms with Crippen LogP contribution in [0.4, 0.5) is 11.6 Å². The number of carbonyl (C=O) groups is 2. The van der Waals surface area contributed by atoms with Gasteiger partial charge in [0.15, 0.2) is 0 Å². The van der Waals surface area contributed by atoms with Gasteiger partial charge in [-0.15, -0.1) is 0 Å². The smallest absolute Gasteiger partial charge is 0.335 e. The Kier molecular flexibility index (Phi) is 3.93. The number of carboxylic acid groups (broad SMARTS) is 1. The summed E-state index contributed by atoms with van der Waals surface area (Å²) in [5, 5.41) is 11.8. The summed E-state index contributed by atoms with van der Waals surface area (Å²) >= 11 is 0. The highest BCUT2D eigenvalue weighted by molar-refractivity contribution is 5.94. The molecule has 1 amide bonds. The number of hydrogen-bond acceptors (Lipinski definition) is 4. The summed E-state index contributed by atoms with van der Waals surface area (Å²) in [4.78, 5) is 26.6. The standard InChI is InChI=1S/C14H16N4O3/c1-3-10-7-18(14(15)17-10)12-6-9(13(20)21)4-5-11(12)16-8(2)19/h4-7H,3H2,1-2H3,(H2,15,17)(H,16,19)(H,20,21). The number of nitrogen functional groups attached to an aromatic ring is 1. The fourth-order valence-electron chi connectivity index (χ4n) is 1.97. The number of rotatable bonds is 4. The van der Waals surface area contributed by atoms with Gasteiger partial charge < -0.3 is 16.2 Å². The first kappa shape index (κ1) is 14.6. The first-order valence-electron chi connectivity index (χ1n) is 6.41. The fraction of sp³-hybridized carbons (Fsp3) is 0.214. The van der Waals surface area contributed by atoms with E-state index in [4.69, 9.17) is 10.8 Å². The SMILES string of the molecule is CCc1cn(-c2cc(C(=O)O)ccc2NC(C)=O)c(N)n1. The molecule has 1 aromatic heterocycles. The maximum Gasteiger partial charge on any atom is 0.335 e. The van der Waals surface area contributed by atoms with Gasteiger partial charge in [0, 0.05) is 13.1 Å². The molecule has 0 unspecified atom stereocenters. The second-order valence-corrected chi connectivity index (χ2v) is 4.53. The van der Waals surface area contributed by atoms with Crippen molar-refractivity contribution in [2.45, 2.75) is 20.3 Å². The van der Waals surface area contributed by atoms with E-state index in [-0.39, 0.29) is 17.4 Å². The Morgan fingerprint density at radius 2 is 2.14 bits per heavy atom. The van der Waals surface area contributed by atoms with Gasteiger partial charge in [0.25, 0.3) is 0 Å². The third-order valence-electron chi connectivity index (χ3n) is 2.96.